The first kappa shape index (κ1) is 58.0. The molecule has 8 aliphatic carbocycles. The Labute approximate surface area is 445 Å². The summed E-state index contributed by atoms with van der Waals surface area (Å²) in [7, 11) is 0.164. The van der Waals surface area contributed by atoms with Crippen LogP contribution >= 0.6 is 10.6 Å². The van der Waals surface area contributed by atoms with Gasteiger partial charge >= 0.3 is 0 Å². The molecule has 7 fully saturated rings. The number of nitrogens with zero attached hydrogens (tertiary/aromatic N) is 1. The van der Waals surface area contributed by atoms with Gasteiger partial charge in [-0.3, -0.25) is 13.3 Å². The highest BCUT2D eigenvalue weighted by molar-refractivity contribution is 8.24. The maximum atomic E-state index is 9.42. The van der Waals surface area contributed by atoms with Crippen molar-refractivity contribution in [3.05, 3.63) is 11.6 Å². The van der Waals surface area contributed by atoms with Crippen LogP contribution in [0.15, 0.2) is 11.6 Å². The summed E-state index contributed by atoms with van der Waals surface area (Å²) in [5.41, 5.74) is 3.53. The van der Waals surface area contributed by atoms with Gasteiger partial charge in [-0.15, -0.1) is 0 Å². The standard InChI is InChI=1S/C64H115NO6S/c1-45(2)17-16-18-46(3)54-24-26-56-53-23-21-49-44-51(30-34-62(49,6)59(53)31-35-63(54,56)7)70-60(71-72(10,11)69-42-15-13-12-14-37-65(38-40-66)39-41-67)28-19-47(4)55-25-27-57-52-22-20-48-43-50(68-9)29-33-61(48,5)58(52)32-36-64(55,57)8/h21,45-48,50-60,66-67H,12-20,22-44H2,1-11H3/t46?,47-,48?,50-,51?,52?,53?,54?,55?,56?,57?,58?,59?,60?,61+,62?,63?,64-/m0/s1. The second kappa shape index (κ2) is 24.9. The molecule has 418 valence electrons. The van der Waals surface area contributed by atoms with Crippen molar-refractivity contribution in [1.82, 2.24) is 4.90 Å². The normalized spacial score (nSPS) is 41.2. The van der Waals surface area contributed by atoms with E-state index >= 15 is 0 Å². The second-order valence-electron chi connectivity index (χ2n) is 28.6. The largest absolute Gasteiger partial charge is 0.395 e. The van der Waals surface area contributed by atoms with Crippen molar-refractivity contribution < 1.29 is 28.1 Å². The summed E-state index contributed by atoms with van der Waals surface area (Å²) >= 11 is 0. The van der Waals surface area contributed by atoms with Gasteiger partial charge in [0.05, 0.1) is 32.0 Å². The van der Waals surface area contributed by atoms with E-state index in [1.54, 1.807) is 5.57 Å². The molecule has 7 saturated carbocycles. The van der Waals surface area contributed by atoms with E-state index in [0.717, 1.165) is 123 Å². The minimum absolute atomic E-state index is 0.144. The van der Waals surface area contributed by atoms with Crippen molar-refractivity contribution in [2.75, 3.05) is 59.1 Å². The molecule has 0 spiro atoms. The SMILES string of the molecule is CO[C@H]1CC[C@]2(C)C(CCC3C2CC[C@]2(C)C3CCC2[C@@H](C)CCC(OC2CCC3(C)C(=CCC4C3CCC3(C)C(C(C)CCCC(C)C)CCC43)C2)OS(C)(C)OCCCCCCN(CCO)CCO)C1. The Balaban J connectivity index is 0.896. The van der Waals surface area contributed by atoms with Gasteiger partial charge < -0.3 is 19.7 Å². The first-order chi connectivity index (χ1) is 34.4. The molecule has 0 aromatic carbocycles. The lowest BCUT2D eigenvalue weighted by molar-refractivity contribution is -0.142. The third kappa shape index (κ3) is 12.5. The Hall–Kier alpha value is -0.190. The monoisotopic (exact) mass is 1030 g/mol. The number of rotatable bonds is 26. The molecule has 8 heteroatoms. The minimum atomic E-state index is -1.78. The molecule has 2 N–H and O–H groups in total. The highest BCUT2D eigenvalue weighted by Gasteiger charge is 2.62. The molecule has 8 aliphatic rings. The molecular weight excluding hydrogens is 911 g/mol. The predicted molar refractivity (Wildman–Crippen MR) is 302 cm³/mol. The second-order valence-corrected chi connectivity index (χ2v) is 31.3. The van der Waals surface area contributed by atoms with Gasteiger partial charge in [-0.2, -0.15) is 10.6 Å². The molecular formula is C64H115NO6S. The molecule has 0 radical (unpaired) electrons. The summed E-state index contributed by atoms with van der Waals surface area (Å²) in [6, 6.07) is 0. The number of ether oxygens (including phenoxy) is 2. The van der Waals surface area contributed by atoms with Crippen LogP contribution in [0.3, 0.4) is 0 Å². The highest BCUT2D eigenvalue weighted by Crippen LogP contribution is 2.70. The first-order valence-electron chi connectivity index (χ1n) is 31.3. The van der Waals surface area contributed by atoms with Crippen LogP contribution < -0.4 is 0 Å². The number of methoxy groups -OCH3 is 1. The average Bonchev–Trinajstić information content (AvgIpc) is 3.89. The molecule has 0 aliphatic heterocycles. The fraction of sp³-hybridized carbons (Fsp3) is 0.969. The Kier molecular flexibility index (Phi) is 20.0. The van der Waals surface area contributed by atoms with Gasteiger partial charge in [0, 0.05) is 39.1 Å². The smallest absolute Gasteiger partial charge is 0.180 e. The fourth-order valence-corrected chi connectivity index (χ4v) is 21.3. The summed E-state index contributed by atoms with van der Waals surface area (Å²) in [6.45, 7) is 24.1. The van der Waals surface area contributed by atoms with Crippen LogP contribution in [0.25, 0.3) is 0 Å². The zero-order valence-corrected chi connectivity index (χ0v) is 49.6. The molecule has 14 unspecified atom stereocenters. The molecule has 0 aromatic rings. The van der Waals surface area contributed by atoms with Gasteiger partial charge in [0.25, 0.3) is 0 Å². The zero-order chi connectivity index (χ0) is 51.5. The molecule has 0 bridgehead atoms. The van der Waals surface area contributed by atoms with Gasteiger partial charge in [-0.05, 0) is 228 Å². The summed E-state index contributed by atoms with van der Waals surface area (Å²) in [4.78, 5) is 2.16. The van der Waals surface area contributed by atoms with Gasteiger partial charge in [0.15, 0.2) is 6.29 Å². The number of allylic oxidation sites excluding steroid dienone is 1. The van der Waals surface area contributed by atoms with Crippen molar-refractivity contribution in [3.63, 3.8) is 0 Å². The van der Waals surface area contributed by atoms with Crippen molar-refractivity contribution in [1.29, 1.82) is 0 Å². The Morgan fingerprint density at radius 2 is 1.25 bits per heavy atom. The Morgan fingerprint density at radius 3 is 1.93 bits per heavy atom. The third-order valence-electron chi connectivity index (χ3n) is 24.1. The van der Waals surface area contributed by atoms with E-state index < -0.39 is 10.6 Å². The highest BCUT2D eigenvalue weighted by atomic mass is 32.3. The van der Waals surface area contributed by atoms with Crippen molar-refractivity contribution in [2.45, 2.75) is 241 Å². The summed E-state index contributed by atoms with van der Waals surface area (Å²) in [5, 5.41) is 18.8. The molecule has 18 atom stereocenters. The molecule has 72 heavy (non-hydrogen) atoms. The zero-order valence-electron chi connectivity index (χ0n) is 48.7. The van der Waals surface area contributed by atoms with Gasteiger partial charge in [0.2, 0.25) is 0 Å². The van der Waals surface area contributed by atoms with Crippen LogP contribution in [0, 0.1) is 92.7 Å². The van der Waals surface area contributed by atoms with E-state index in [4.69, 9.17) is 17.8 Å². The number of fused-ring (bicyclic) bond motifs is 10. The van der Waals surface area contributed by atoms with E-state index in [1.165, 1.54) is 116 Å². The molecule has 0 saturated heterocycles. The number of aliphatic hydroxyl groups excluding tert-OH is 2. The molecule has 0 heterocycles. The molecule has 7 nitrogen and oxygen atoms in total. The topological polar surface area (TPSA) is 80.6 Å². The Bertz CT molecular complexity index is 1720. The van der Waals surface area contributed by atoms with Gasteiger partial charge in [0.1, 0.15) is 0 Å². The molecule has 8 rings (SSSR count). The number of aliphatic hydroxyl groups is 2. The van der Waals surface area contributed by atoms with Crippen LogP contribution in [0.4, 0.5) is 0 Å². The summed E-state index contributed by atoms with van der Waals surface area (Å²) in [5.74, 6) is 10.2. The van der Waals surface area contributed by atoms with Crippen molar-refractivity contribution >= 4 is 10.6 Å². The summed E-state index contributed by atoms with van der Waals surface area (Å²) < 4.78 is 27.2. The third-order valence-corrected chi connectivity index (χ3v) is 25.5. The van der Waals surface area contributed by atoms with E-state index in [2.05, 4.69) is 78.9 Å². The lowest BCUT2D eigenvalue weighted by atomic mass is 9.44. The minimum Gasteiger partial charge on any atom is -0.395 e. The lowest BCUT2D eigenvalue weighted by Crippen LogP contribution is -2.54. The van der Waals surface area contributed by atoms with Crippen LogP contribution in [0.1, 0.15) is 222 Å². The molecule has 0 aromatic heterocycles. The predicted octanol–water partition coefficient (Wildman–Crippen LogP) is 15.6. The fourth-order valence-electron chi connectivity index (χ4n) is 20.1. The van der Waals surface area contributed by atoms with Gasteiger partial charge in [-0.25, -0.2) is 0 Å². The quantitative estimate of drug-likeness (QED) is 0.0508. The number of unbranched alkanes of at least 4 members (excludes halogenated alkanes) is 3. The van der Waals surface area contributed by atoms with E-state index in [9.17, 15) is 10.2 Å². The number of hydrogen-bond donors (Lipinski definition) is 2. The van der Waals surface area contributed by atoms with Crippen molar-refractivity contribution in [3.8, 4) is 0 Å². The number of hydrogen-bond acceptors (Lipinski definition) is 7. The van der Waals surface area contributed by atoms with Crippen LogP contribution in [-0.4, -0.2) is 92.7 Å². The van der Waals surface area contributed by atoms with Crippen LogP contribution in [0.5, 0.6) is 0 Å². The van der Waals surface area contributed by atoms with Gasteiger partial charge in [-0.1, -0.05) is 99.1 Å². The van der Waals surface area contributed by atoms with Crippen LogP contribution in [-0.2, 0) is 17.8 Å². The van der Waals surface area contributed by atoms with E-state index in [0.29, 0.717) is 53.4 Å². The average molecular weight is 1030 g/mol. The Morgan fingerprint density at radius 1 is 0.625 bits per heavy atom. The van der Waals surface area contributed by atoms with E-state index in [-0.39, 0.29) is 25.6 Å². The maximum absolute atomic E-state index is 9.42. The molecule has 0 amide bonds. The van der Waals surface area contributed by atoms with Crippen molar-refractivity contribution in [2.24, 2.45) is 92.7 Å². The first-order valence-corrected chi connectivity index (χ1v) is 33.6. The maximum Gasteiger partial charge on any atom is 0.180 e. The van der Waals surface area contributed by atoms with Crippen LogP contribution in [0.2, 0.25) is 0 Å². The van der Waals surface area contributed by atoms with E-state index in [1.807, 2.05) is 7.11 Å². The summed E-state index contributed by atoms with van der Waals surface area (Å²) in [6.07, 6.45) is 41.4. The lowest BCUT2D eigenvalue weighted by Gasteiger charge is -2.61.